The summed E-state index contributed by atoms with van der Waals surface area (Å²) in [6.07, 6.45) is 1.69. The lowest BCUT2D eigenvalue weighted by Crippen LogP contribution is -2.32. The SMILES string of the molecule is CCOc1ccc(/C=C2\SC(=O)N(CCOc3cc(C)ccc3C)C2=O)cc1OC. The third-order valence-corrected chi connectivity index (χ3v) is 5.48. The van der Waals surface area contributed by atoms with Gasteiger partial charge in [0, 0.05) is 0 Å². The molecule has 0 spiro atoms. The van der Waals surface area contributed by atoms with Crippen LogP contribution in [0.5, 0.6) is 17.2 Å². The molecular weight excluding hydrogens is 402 g/mol. The van der Waals surface area contributed by atoms with E-state index < -0.39 is 0 Å². The van der Waals surface area contributed by atoms with Crippen LogP contribution < -0.4 is 14.2 Å². The molecule has 2 aromatic rings. The molecule has 1 heterocycles. The number of hydrogen-bond acceptors (Lipinski definition) is 6. The summed E-state index contributed by atoms with van der Waals surface area (Å²) in [6.45, 7) is 6.81. The number of thioether (sulfide) groups is 1. The Labute approximate surface area is 180 Å². The summed E-state index contributed by atoms with van der Waals surface area (Å²) < 4.78 is 16.6. The molecule has 158 valence electrons. The number of imide groups is 1. The van der Waals surface area contributed by atoms with E-state index in [0.29, 0.717) is 23.0 Å². The topological polar surface area (TPSA) is 65.1 Å². The third kappa shape index (κ3) is 4.97. The summed E-state index contributed by atoms with van der Waals surface area (Å²) in [7, 11) is 1.56. The molecule has 0 saturated carbocycles. The van der Waals surface area contributed by atoms with Gasteiger partial charge in [-0.05, 0) is 73.5 Å². The molecule has 6 nitrogen and oxygen atoms in total. The molecule has 2 amide bonds. The number of nitrogens with zero attached hydrogens (tertiary/aromatic N) is 1. The van der Waals surface area contributed by atoms with Crippen molar-refractivity contribution in [3.05, 3.63) is 58.0 Å². The van der Waals surface area contributed by atoms with E-state index in [-0.39, 0.29) is 24.3 Å². The van der Waals surface area contributed by atoms with Crippen LogP contribution in [0.3, 0.4) is 0 Å². The van der Waals surface area contributed by atoms with Gasteiger partial charge in [-0.1, -0.05) is 18.2 Å². The minimum absolute atomic E-state index is 0.196. The number of amides is 2. The molecule has 7 heteroatoms. The van der Waals surface area contributed by atoms with Gasteiger partial charge in [0.25, 0.3) is 11.1 Å². The summed E-state index contributed by atoms with van der Waals surface area (Å²) in [5.74, 6) is 1.65. The van der Waals surface area contributed by atoms with Crippen molar-refractivity contribution in [1.29, 1.82) is 0 Å². The van der Waals surface area contributed by atoms with E-state index in [1.807, 2.05) is 45.0 Å². The predicted molar refractivity (Wildman–Crippen MR) is 118 cm³/mol. The number of aryl methyl sites for hydroxylation is 2. The van der Waals surface area contributed by atoms with Crippen molar-refractivity contribution in [3.8, 4) is 17.2 Å². The predicted octanol–water partition coefficient (Wildman–Crippen LogP) is 4.83. The van der Waals surface area contributed by atoms with Gasteiger partial charge in [0.1, 0.15) is 12.4 Å². The maximum atomic E-state index is 12.7. The number of carbonyl (C=O) groups excluding carboxylic acids is 2. The van der Waals surface area contributed by atoms with Crippen LogP contribution in [0.1, 0.15) is 23.6 Å². The fourth-order valence-corrected chi connectivity index (χ4v) is 3.87. The highest BCUT2D eigenvalue weighted by atomic mass is 32.2. The van der Waals surface area contributed by atoms with Crippen molar-refractivity contribution in [2.75, 3.05) is 26.9 Å². The van der Waals surface area contributed by atoms with Gasteiger partial charge >= 0.3 is 0 Å². The number of ether oxygens (including phenoxy) is 3. The Bertz CT molecular complexity index is 986. The fourth-order valence-electron chi connectivity index (χ4n) is 3.00. The highest BCUT2D eigenvalue weighted by molar-refractivity contribution is 8.18. The quantitative estimate of drug-likeness (QED) is 0.563. The highest BCUT2D eigenvalue weighted by Crippen LogP contribution is 2.34. The van der Waals surface area contributed by atoms with Crippen LogP contribution in [0.25, 0.3) is 6.08 Å². The molecule has 2 aromatic carbocycles. The fraction of sp³-hybridized carbons (Fsp3) is 0.304. The highest BCUT2D eigenvalue weighted by Gasteiger charge is 2.34. The molecule has 1 fully saturated rings. The molecule has 1 aliphatic rings. The van der Waals surface area contributed by atoms with Gasteiger partial charge in [-0.2, -0.15) is 0 Å². The number of carbonyl (C=O) groups is 2. The summed E-state index contributed by atoms with van der Waals surface area (Å²) in [5.41, 5.74) is 2.86. The number of methoxy groups -OCH3 is 1. The third-order valence-electron chi connectivity index (χ3n) is 4.57. The van der Waals surface area contributed by atoms with Crippen molar-refractivity contribution < 1.29 is 23.8 Å². The van der Waals surface area contributed by atoms with Gasteiger partial charge in [0.2, 0.25) is 0 Å². The molecule has 0 N–H and O–H groups in total. The van der Waals surface area contributed by atoms with Crippen molar-refractivity contribution in [3.63, 3.8) is 0 Å². The molecular formula is C23H25NO5S. The van der Waals surface area contributed by atoms with E-state index in [9.17, 15) is 9.59 Å². The van der Waals surface area contributed by atoms with Crippen LogP contribution >= 0.6 is 11.8 Å². The van der Waals surface area contributed by atoms with Crippen molar-refractivity contribution in [1.82, 2.24) is 4.90 Å². The van der Waals surface area contributed by atoms with Crippen molar-refractivity contribution in [2.24, 2.45) is 0 Å². The Kier molecular flexibility index (Phi) is 7.05. The summed E-state index contributed by atoms with van der Waals surface area (Å²) in [4.78, 5) is 26.6. The molecule has 0 bridgehead atoms. The van der Waals surface area contributed by atoms with Gasteiger partial charge in [-0.15, -0.1) is 0 Å². The van der Waals surface area contributed by atoms with E-state index >= 15 is 0 Å². The molecule has 0 aromatic heterocycles. The number of rotatable bonds is 8. The van der Waals surface area contributed by atoms with Crippen molar-refractivity contribution in [2.45, 2.75) is 20.8 Å². The number of hydrogen-bond donors (Lipinski definition) is 0. The second kappa shape index (κ2) is 9.71. The molecule has 0 radical (unpaired) electrons. The first-order valence-corrected chi connectivity index (χ1v) is 10.5. The van der Waals surface area contributed by atoms with Gasteiger partial charge in [-0.3, -0.25) is 14.5 Å². The van der Waals surface area contributed by atoms with Crippen LogP contribution in [0.4, 0.5) is 4.79 Å². The normalized spacial score (nSPS) is 15.1. The average Bonchev–Trinajstić information content (AvgIpc) is 2.99. The summed E-state index contributed by atoms with van der Waals surface area (Å²) in [5, 5.41) is -0.297. The maximum absolute atomic E-state index is 12.7. The largest absolute Gasteiger partial charge is 0.493 e. The van der Waals surface area contributed by atoms with E-state index in [1.165, 1.54) is 4.90 Å². The Morgan fingerprint density at radius 2 is 1.80 bits per heavy atom. The maximum Gasteiger partial charge on any atom is 0.293 e. The smallest absolute Gasteiger partial charge is 0.293 e. The Balaban J connectivity index is 1.67. The molecule has 1 saturated heterocycles. The second-order valence-electron chi connectivity index (χ2n) is 6.79. The van der Waals surface area contributed by atoms with E-state index in [4.69, 9.17) is 14.2 Å². The first kappa shape index (κ1) is 21.8. The molecule has 0 aliphatic carbocycles. The summed E-state index contributed by atoms with van der Waals surface area (Å²) >= 11 is 0.927. The molecule has 30 heavy (non-hydrogen) atoms. The van der Waals surface area contributed by atoms with Crippen LogP contribution in [0, 0.1) is 13.8 Å². The van der Waals surface area contributed by atoms with Crippen LogP contribution in [-0.4, -0.2) is 42.9 Å². The zero-order valence-electron chi connectivity index (χ0n) is 17.6. The average molecular weight is 428 g/mol. The van der Waals surface area contributed by atoms with Crippen LogP contribution in [0.15, 0.2) is 41.3 Å². The van der Waals surface area contributed by atoms with E-state index in [2.05, 4.69) is 0 Å². The van der Waals surface area contributed by atoms with E-state index in [1.54, 1.807) is 25.3 Å². The monoisotopic (exact) mass is 427 g/mol. The van der Waals surface area contributed by atoms with Gasteiger partial charge < -0.3 is 14.2 Å². The zero-order valence-corrected chi connectivity index (χ0v) is 18.4. The van der Waals surface area contributed by atoms with Crippen molar-refractivity contribution >= 4 is 29.0 Å². The molecule has 0 unspecified atom stereocenters. The van der Waals surface area contributed by atoms with Gasteiger partial charge in [-0.25, -0.2) is 0 Å². The van der Waals surface area contributed by atoms with Gasteiger partial charge in [0.15, 0.2) is 11.5 Å². The van der Waals surface area contributed by atoms with Crippen LogP contribution in [-0.2, 0) is 4.79 Å². The standard InChI is InChI=1S/C23H25NO5S/c1-5-28-18-9-8-17(13-20(18)27-4)14-21-22(25)24(23(26)30-21)10-11-29-19-12-15(2)6-7-16(19)3/h6-9,12-14H,5,10-11H2,1-4H3/b21-14-. The summed E-state index contributed by atoms with van der Waals surface area (Å²) in [6, 6.07) is 11.3. The molecule has 0 atom stereocenters. The first-order chi connectivity index (χ1) is 14.4. The van der Waals surface area contributed by atoms with Crippen LogP contribution in [0.2, 0.25) is 0 Å². The second-order valence-corrected chi connectivity index (χ2v) is 7.79. The minimum Gasteiger partial charge on any atom is -0.493 e. The number of benzene rings is 2. The Morgan fingerprint density at radius 1 is 1.00 bits per heavy atom. The zero-order chi connectivity index (χ0) is 21.7. The Morgan fingerprint density at radius 3 is 2.53 bits per heavy atom. The minimum atomic E-state index is -0.317. The lowest BCUT2D eigenvalue weighted by Gasteiger charge is -2.14. The first-order valence-electron chi connectivity index (χ1n) is 9.69. The lowest BCUT2D eigenvalue weighted by atomic mass is 10.1. The Hall–Kier alpha value is -2.93. The van der Waals surface area contributed by atoms with Gasteiger partial charge in [0.05, 0.1) is 25.2 Å². The molecule has 3 rings (SSSR count). The molecule has 1 aliphatic heterocycles. The van der Waals surface area contributed by atoms with E-state index in [0.717, 1.165) is 34.2 Å². The lowest BCUT2D eigenvalue weighted by molar-refractivity contribution is -0.123.